The van der Waals surface area contributed by atoms with Gasteiger partial charge in [-0.3, -0.25) is 0 Å². The molecule has 1 aliphatic rings. The van der Waals surface area contributed by atoms with Crippen LogP contribution in [0.25, 0.3) is 11.5 Å². The molecule has 0 fully saturated rings. The largest absolute Gasteiger partial charge is 0.493 e. The molecule has 3 aromatic rings. The van der Waals surface area contributed by atoms with Crippen molar-refractivity contribution in [2.24, 2.45) is 0 Å². The Kier molecular flexibility index (Phi) is 3.93. The first-order valence-corrected chi connectivity index (χ1v) is 8.43. The number of fused-ring (bicyclic) bond motifs is 1. The second kappa shape index (κ2) is 6.24. The van der Waals surface area contributed by atoms with E-state index in [1.165, 1.54) is 5.56 Å². The summed E-state index contributed by atoms with van der Waals surface area (Å²) in [6.07, 6.45) is 2.68. The molecule has 6 nitrogen and oxygen atoms in total. The number of rotatable bonds is 4. The lowest BCUT2D eigenvalue weighted by Crippen LogP contribution is -2.04. The lowest BCUT2D eigenvalue weighted by Gasteiger charge is -2.12. The summed E-state index contributed by atoms with van der Waals surface area (Å²) < 4.78 is 12.1. The van der Waals surface area contributed by atoms with Gasteiger partial charge in [-0.25, -0.2) is 4.98 Å². The summed E-state index contributed by atoms with van der Waals surface area (Å²) in [5, 5.41) is 7.20. The monoisotopic (exact) mass is 386 g/mol. The van der Waals surface area contributed by atoms with Crippen LogP contribution >= 0.6 is 15.9 Å². The molecule has 0 atom stereocenters. The maximum atomic E-state index is 5.77. The fraction of sp³-hybridized carbons (Fsp3) is 0.235. The van der Waals surface area contributed by atoms with Crippen molar-refractivity contribution in [2.45, 2.75) is 19.9 Å². The van der Waals surface area contributed by atoms with Gasteiger partial charge in [0.15, 0.2) is 5.82 Å². The Bertz CT molecular complexity index is 894. The van der Waals surface area contributed by atoms with E-state index in [0.717, 1.165) is 34.4 Å². The molecule has 24 heavy (non-hydrogen) atoms. The van der Waals surface area contributed by atoms with Crippen LogP contribution in [0.1, 0.15) is 17.0 Å². The fourth-order valence-corrected chi connectivity index (χ4v) is 3.33. The van der Waals surface area contributed by atoms with E-state index in [0.29, 0.717) is 24.1 Å². The van der Waals surface area contributed by atoms with Gasteiger partial charge in [0, 0.05) is 29.2 Å². The average Bonchev–Trinajstić information content (AvgIpc) is 3.21. The van der Waals surface area contributed by atoms with Gasteiger partial charge < -0.3 is 14.6 Å². The molecular weight excluding hydrogens is 372 g/mol. The van der Waals surface area contributed by atoms with E-state index >= 15 is 0 Å². The molecule has 3 heterocycles. The summed E-state index contributed by atoms with van der Waals surface area (Å²) in [6.45, 7) is 3.12. The minimum Gasteiger partial charge on any atom is -0.493 e. The van der Waals surface area contributed by atoms with Crippen molar-refractivity contribution in [3.63, 3.8) is 0 Å². The number of aromatic nitrogens is 3. The van der Waals surface area contributed by atoms with Gasteiger partial charge >= 0.3 is 0 Å². The SMILES string of the molecule is Cc1noc(-c2cccnc2NCc2cc(Br)cc3c2OCC3)n1. The summed E-state index contributed by atoms with van der Waals surface area (Å²) in [5.41, 5.74) is 3.11. The van der Waals surface area contributed by atoms with E-state index in [9.17, 15) is 0 Å². The van der Waals surface area contributed by atoms with Crippen molar-refractivity contribution >= 4 is 21.7 Å². The van der Waals surface area contributed by atoms with Gasteiger partial charge in [0.1, 0.15) is 11.6 Å². The topological polar surface area (TPSA) is 73.1 Å². The van der Waals surface area contributed by atoms with Crippen molar-refractivity contribution in [2.75, 3.05) is 11.9 Å². The van der Waals surface area contributed by atoms with E-state index < -0.39 is 0 Å². The highest BCUT2D eigenvalue weighted by Gasteiger charge is 2.18. The number of hydrogen-bond donors (Lipinski definition) is 1. The first-order chi connectivity index (χ1) is 11.7. The molecule has 1 aliphatic heterocycles. The van der Waals surface area contributed by atoms with Crippen LogP contribution < -0.4 is 10.1 Å². The standard InChI is InChI=1S/C17H15BrN4O2/c1-10-21-17(24-22-10)14-3-2-5-19-16(14)20-9-12-8-13(18)7-11-4-6-23-15(11)12/h2-3,5,7-8H,4,6,9H2,1H3,(H,19,20). The Morgan fingerprint density at radius 3 is 3.08 bits per heavy atom. The molecule has 0 amide bonds. The smallest absolute Gasteiger partial charge is 0.261 e. The van der Waals surface area contributed by atoms with E-state index in [4.69, 9.17) is 9.26 Å². The van der Waals surface area contributed by atoms with Crippen molar-refractivity contribution in [1.29, 1.82) is 0 Å². The lowest BCUT2D eigenvalue weighted by molar-refractivity contribution is 0.354. The zero-order valence-electron chi connectivity index (χ0n) is 13.0. The third-order valence-corrected chi connectivity index (χ3v) is 4.30. The molecule has 0 spiro atoms. The highest BCUT2D eigenvalue weighted by Crippen LogP contribution is 2.34. The summed E-state index contributed by atoms with van der Waals surface area (Å²) in [5.74, 6) is 2.72. The molecule has 122 valence electrons. The molecule has 7 heteroatoms. The minimum atomic E-state index is 0.457. The molecule has 0 bridgehead atoms. The van der Waals surface area contributed by atoms with Crippen LogP contribution in [0.5, 0.6) is 5.75 Å². The Balaban J connectivity index is 1.62. The quantitative estimate of drug-likeness (QED) is 0.735. The Labute approximate surface area is 147 Å². The number of ether oxygens (including phenoxy) is 1. The molecule has 1 N–H and O–H groups in total. The number of benzene rings is 1. The van der Waals surface area contributed by atoms with E-state index in [1.54, 1.807) is 13.1 Å². The van der Waals surface area contributed by atoms with E-state index in [-0.39, 0.29) is 0 Å². The Hall–Kier alpha value is -2.41. The average molecular weight is 387 g/mol. The maximum absolute atomic E-state index is 5.77. The minimum absolute atomic E-state index is 0.457. The van der Waals surface area contributed by atoms with Crippen LogP contribution in [0.2, 0.25) is 0 Å². The first kappa shape index (κ1) is 15.1. The second-order valence-corrected chi connectivity index (χ2v) is 6.47. The number of nitrogens with zero attached hydrogens (tertiary/aromatic N) is 3. The van der Waals surface area contributed by atoms with Gasteiger partial charge in [-0.05, 0) is 36.8 Å². The number of halogens is 1. The van der Waals surface area contributed by atoms with Gasteiger partial charge in [0.25, 0.3) is 5.89 Å². The van der Waals surface area contributed by atoms with Crippen molar-refractivity contribution in [1.82, 2.24) is 15.1 Å². The van der Waals surface area contributed by atoms with Crippen LogP contribution in [-0.4, -0.2) is 21.7 Å². The molecule has 2 aromatic heterocycles. The molecule has 0 saturated carbocycles. The predicted octanol–water partition coefficient (Wildman–Crippen LogP) is 3.75. The summed E-state index contributed by atoms with van der Waals surface area (Å²) in [7, 11) is 0. The zero-order chi connectivity index (χ0) is 16.5. The maximum Gasteiger partial charge on any atom is 0.261 e. The van der Waals surface area contributed by atoms with Crippen LogP contribution in [0.3, 0.4) is 0 Å². The second-order valence-electron chi connectivity index (χ2n) is 5.55. The molecule has 0 aliphatic carbocycles. The highest BCUT2D eigenvalue weighted by molar-refractivity contribution is 9.10. The van der Waals surface area contributed by atoms with Crippen LogP contribution in [0.4, 0.5) is 5.82 Å². The van der Waals surface area contributed by atoms with Gasteiger partial charge in [0.2, 0.25) is 0 Å². The fourth-order valence-electron chi connectivity index (χ4n) is 2.78. The van der Waals surface area contributed by atoms with Gasteiger partial charge in [0.05, 0.1) is 12.2 Å². The lowest BCUT2D eigenvalue weighted by atomic mass is 10.1. The van der Waals surface area contributed by atoms with Crippen LogP contribution in [0.15, 0.2) is 39.5 Å². The van der Waals surface area contributed by atoms with Gasteiger partial charge in [-0.2, -0.15) is 4.98 Å². The number of aryl methyl sites for hydroxylation is 1. The molecule has 0 radical (unpaired) electrons. The van der Waals surface area contributed by atoms with E-state index in [2.05, 4.69) is 48.5 Å². The van der Waals surface area contributed by atoms with Crippen LogP contribution in [-0.2, 0) is 13.0 Å². The van der Waals surface area contributed by atoms with Crippen molar-refractivity contribution < 1.29 is 9.26 Å². The van der Waals surface area contributed by atoms with Crippen molar-refractivity contribution in [3.05, 3.63) is 51.9 Å². The third kappa shape index (κ3) is 2.87. The van der Waals surface area contributed by atoms with E-state index in [1.807, 2.05) is 12.1 Å². The molecule has 4 rings (SSSR count). The summed E-state index contributed by atoms with van der Waals surface area (Å²) in [6, 6.07) is 7.93. The molecular formula is C17H15BrN4O2. The zero-order valence-corrected chi connectivity index (χ0v) is 14.6. The Morgan fingerprint density at radius 2 is 2.25 bits per heavy atom. The molecule has 0 unspecified atom stereocenters. The van der Waals surface area contributed by atoms with Gasteiger partial charge in [-0.1, -0.05) is 21.1 Å². The number of nitrogens with one attached hydrogen (secondary N) is 1. The first-order valence-electron chi connectivity index (χ1n) is 7.64. The number of hydrogen-bond acceptors (Lipinski definition) is 6. The van der Waals surface area contributed by atoms with Gasteiger partial charge in [-0.15, -0.1) is 0 Å². The Morgan fingerprint density at radius 1 is 1.33 bits per heavy atom. The summed E-state index contributed by atoms with van der Waals surface area (Å²) in [4.78, 5) is 8.68. The summed E-state index contributed by atoms with van der Waals surface area (Å²) >= 11 is 3.56. The van der Waals surface area contributed by atoms with Crippen LogP contribution in [0, 0.1) is 6.92 Å². The highest BCUT2D eigenvalue weighted by atomic mass is 79.9. The van der Waals surface area contributed by atoms with Crippen molar-refractivity contribution in [3.8, 4) is 17.2 Å². The molecule has 1 aromatic carbocycles. The normalized spacial score (nSPS) is 12.8. The predicted molar refractivity (Wildman–Crippen MR) is 92.9 cm³/mol. The molecule has 0 saturated heterocycles. The third-order valence-electron chi connectivity index (χ3n) is 3.84. The number of anilines is 1. The number of pyridine rings is 1.